The van der Waals surface area contributed by atoms with E-state index in [4.69, 9.17) is 23.2 Å². The molecule has 32 heavy (non-hydrogen) atoms. The van der Waals surface area contributed by atoms with Crippen LogP contribution in [0.15, 0.2) is 42.5 Å². The largest absolute Gasteiger partial charge is 0.326 e. The average Bonchev–Trinajstić information content (AvgIpc) is 3.22. The van der Waals surface area contributed by atoms with E-state index in [1.165, 1.54) is 11.3 Å². The summed E-state index contributed by atoms with van der Waals surface area (Å²) in [7, 11) is 0. The number of aryl methyl sites for hydroxylation is 1. The first kappa shape index (κ1) is 24.0. The van der Waals surface area contributed by atoms with Crippen molar-refractivity contribution in [3.05, 3.63) is 58.1 Å². The quantitative estimate of drug-likeness (QED) is 0.377. The molecule has 7 nitrogen and oxygen atoms in total. The summed E-state index contributed by atoms with van der Waals surface area (Å²) in [5, 5.41) is 18.5. The van der Waals surface area contributed by atoms with E-state index in [-0.39, 0.29) is 11.8 Å². The molecule has 2 atom stereocenters. The Morgan fingerprint density at radius 2 is 1.88 bits per heavy atom. The lowest BCUT2D eigenvalue weighted by molar-refractivity contribution is -0.119. The molecule has 0 saturated carbocycles. The van der Waals surface area contributed by atoms with Crippen LogP contribution in [-0.2, 0) is 4.79 Å². The van der Waals surface area contributed by atoms with Crippen LogP contribution in [0.25, 0.3) is 10.6 Å². The number of carbonyl (C=O) groups is 2. The molecule has 0 bridgehead atoms. The normalized spacial score (nSPS) is 12.7. The molecule has 168 valence electrons. The number of carbonyl (C=O) groups excluding carboxylic acids is 2. The zero-order chi connectivity index (χ0) is 23.3. The number of amides is 3. The number of urea groups is 1. The molecule has 0 aliphatic rings. The first-order chi connectivity index (χ1) is 15.3. The fourth-order valence-electron chi connectivity index (χ4n) is 2.88. The van der Waals surface area contributed by atoms with Crippen molar-refractivity contribution >= 4 is 57.3 Å². The Bertz CT molecular complexity index is 1120. The van der Waals surface area contributed by atoms with E-state index in [0.717, 1.165) is 11.1 Å². The second-order valence-corrected chi connectivity index (χ2v) is 9.16. The smallest absolute Gasteiger partial charge is 0.319 e. The van der Waals surface area contributed by atoms with E-state index in [2.05, 4.69) is 26.1 Å². The maximum absolute atomic E-state index is 12.9. The highest BCUT2D eigenvalue weighted by molar-refractivity contribution is 7.18. The van der Waals surface area contributed by atoms with Crippen LogP contribution in [-0.4, -0.2) is 28.2 Å². The van der Waals surface area contributed by atoms with Crippen LogP contribution >= 0.6 is 34.5 Å². The Hall–Kier alpha value is -2.68. The number of rotatable bonds is 7. The number of halogens is 2. The minimum absolute atomic E-state index is 0.109. The number of nitrogens with one attached hydrogen (secondary N) is 3. The van der Waals surface area contributed by atoms with Gasteiger partial charge >= 0.3 is 6.03 Å². The van der Waals surface area contributed by atoms with Crippen LogP contribution in [0.3, 0.4) is 0 Å². The molecule has 0 saturated heterocycles. The summed E-state index contributed by atoms with van der Waals surface area (Å²) < 4.78 is 0. The van der Waals surface area contributed by atoms with E-state index in [9.17, 15) is 9.59 Å². The Kier molecular flexibility index (Phi) is 8.06. The van der Waals surface area contributed by atoms with E-state index < -0.39 is 12.1 Å². The average molecular weight is 492 g/mol. The number of hydrogen-bond donors (Lipinski definition) is 3. The SMILES string of the molecule is CC[C@@H](C)[C@@H](NC(=O)Nc1ccc(C)c(Cl)c1)C(=O)Nc1nnc(-c2cccc(Cl)c2)s1. The van der Waals surface area contributed by atoms with Crippen molar-refractivity contribution in [1.82, 2.24) is 15.5 Å². The molecule has 0 spiro atoms. The van der Waals surface area contributed by atoms with Crippen LogP contribution in [0.2, 0.25) is 10.0 Å². The van der Waals surface area contributed by atoms with Gasteiger partial charge in [-0.25, -0.2) is 4.79 Å². The van der Waals surface area contributed by atoms with Crippen molar-refractivity contribution in [3.8, 4) is 10.6 Å². The maximum atomic E-state index is 12.9. The second kappa shape index (κ2) is 10.8. The van der Waals surface area contributed by atoms with Crippen LogP contribution in [0.5, 0.6) is 0 Å². The van der Waals surface area contributed by atoms with Crippen molar-refractivity contribution in [1.29, 1.82) is 0 Å². The number of nitrogens with zero attached hydrogens (tertiary/aromatic N) is 2. The van der Waals surface area contributed by atoms with Crippen LogP contribution in [0.1, 0.15) is 25.8 Å². The number of hydrogen-bond acceptors (Lipinski definition) is 5. The molecule has 3 N–H and O–H groups in total. The lowest BCUT2D eigenvalue weighted by Crippen LogP contribution is -2.49. The van der Waals surface area contributed by atoms with Crippen LogP contribution in [0, 0.1) is 12.8 Å². The van der Waals surface area contributed by atoms with Gasteiger partial charge in [-0.2, -0.15) is 0 Å². The van der Waals surface area contributed by atoms with Gasteiger partial charge in [-0.1, -0.05) is 73.0 Å². The molecule has 0 fully saturated rings. The Morgan fingerprint density at radius 1 is 1.09 bits per heavy atom. The van der Waals surface area contributed by atoms with Crippen molar-refractivity contribution in [2.75, 3.05) is 10.6 Å². The molecule has 3 rings (SSSR count). The summed E-state index contributed by atoms with van der Waals surface area (Å²) in [6.45, 7) is 5.72. The molecular formula is C22H23Cl2N5O2S. The topological polar surface area (TPSA) is 96.0 Å². The number of anilines is 2. The summed E-state index contributed by atoms with van der Waals surface area (Å²) in [6, 6.07) is 11.2. The minimum atomic E-state index is -0.764. The van der Waals surface area contributed by atoms with Gasteiger partial charge in [0.15, 0.2) is 0 Å². The molecule has 0 radical (unpaired) electrons. The Balaban J connectivity index is 1.68. The highest BCUT2D eigenvalue weighted by atomic mass is 35.5. The summed E-state index contributed by atoms with van der Waals surface area (Å²) in [5.41, 5.74) is 2.25. The lowest BCUT2D eigenvalue weighted by atomic mass is 9.98. The molecule has 2 aromatic carbocycles. The predicted octanol–water partition coefficient (Wildman–Crippen LogP) is 6.00. The first-order valence-electron chi connectivity index (χ1n) is 10.0. The highest BCUT2D eigenvalue weighted by Crippen LogP contribution is 2.28. The van der Waals surface area contributed by atoms with Gasteiger partial charge in [0, 0.05) is 21.3 Å². The Labute approximate surface area is 200 Å². The predicted molar refractivity (Wildman–Crippen MR) is 131 cm³/mol. The zero-order valence-corrected chi connectivity index (χ0v) is 20.1. The van der Waals surface area contributed by atoms with E-state index >= 15 is 0 Å². The number of aromatic nitrogens is 2. The summed E-state index contributed by atoms with van der Waals surface area (Å²) in [6.07, 6.45) is 0.693. The van der Waals surface area contributed by atoms with Gasteiger partial charge in [0.05, 0.1) is 0 Å². The van der Waals surface area contributed by atoms with E-state index in [1.54, 1.807) is 24.3 Å². The summed E-state index contributed by atoms with van der Waals surface area (Å²) in [4.78, 5) is 25.5. The van der Waals surface area contributed by atoms with Crippen molar-refractivity contribution in [2.45, 2.75) is 33.2 Å². The standard InChI is InChI=1S/C22H23Cl2N5O2S/c1-4-12(2)18(26-21(31)25-16-9-8-13(3)17(24)11-16)19(30)27-22-29-28-20(32-22)14-6-5-7-15(23)10-14/h5-12,18H,4H2,1-3H3,(H2,25,26,31)(H,27,29,30)/t12-,18-/m1/s1. The van der Waals surface area contributed by atoms with E-state index in [1.807, 2.05) is 39.0 Å². The van der Waals surface area contributed by atoms with Gasteiger partial charge in [-0.3, -0.25) is 10.1 Å². The van der Waals surface area contributed by atoms with Gasteiger partial charge in [0.1, 0.15) is 11.0 Å². The molecule has 3 amide bonds. The molecule has 0 unspecified atom stereocenters. The molecule has 1 heterocycles. The Morgan fingerprint density at radius 3 is 2.56 bits per heavy atom. The summed E-state index contributed by atoms with van der Waals surface area (Å²) in [5.74, 6) is -0.479. The first-order valence-corrected chi connectivity index (χ1v) is 11.6. The van der Waals surface area contributed by atoms with Crippen LogP contribution in [0.4, 0.5) is 15.6 Å². The zero-order valence-electron chi connectivity index (χ0n) is 17.8. The lowest BCUT2D eigenvalue weighted by Gasteiger charge is -2.23. The fraction of sp³-hybridized carbons (Fsp3) is 0.273. The third-order valence-corrected chi connectivity index (χ3v) is 6.47. The fourth-order valence-corrected chi connectivity index (χ4v) is 3.99. The van der Waals surface area contributed by atoms with E-state index in [0.29, 0.717) is 32.3 Å². The van der Waals surface area contributed by atoms with Gasteiger partial charge in [0.25, 0.3) is 0 Å². The van der Waals surface area contributed by atoms with Gasteiger partial charge in [-0.05, 0) is 42.7 Å². The van der Waals surface area contributed by atoms with Crippen LogP contribution < -0.4 is 16.0 Å². The van der Waals surface area contributed by atoms with Crippen molar-refractivity contribution in [3.63, 3.8) is 0 Å². The monoisotopic (exact) mass is 491 g/mol. The van der Waals surface area contributed by atoms with Crippen molar-refractivity contribution < 1.29 is 9.59 Å². The number of benzene rings is 2. The molecule has 0 aliphatic carbocycles. The maximum Gasteiger partial charge on any atom is 0.319 e. The highest BCUT2D eigenvalue weighted by Gasteiger charge is 2.27. The minimum Gasteiger partial charge on any atom is -0.326 e. The molecular weight excluding hydrogens is 469 g/mol. The second-order valence-electron chi connectivity index (χ2n) is 7.34. The third-order valence-electron chi connectivity index (χ3n) is 4.94. The molecule has 0 aliphatic heterocycles. The van der Waals surface area contributed by atoms with Gasteiger partial charge in [-0.15, -0.1) is 10.2 Å². The van der Waals surface area contributed by atoms with Gasteiger partial charge < -0.3 is 10.6 Å². The van der Waals surface area contributed by atoms with Gasteiger partial charge in [0.2, 0.25) is 11.0 Å². The molecule has 3 aromatic rings. The molecule has 1 aromatic heterocycles. The summed E-state index contributed by atoms with van der Waals surface area (Å²) >= 11 is 13.4. The third kappa shape index (κ3) is 6.18. The molecule has 10 heteroatoms. The van der Waals surface area contributed by atoms with Crippen molar-refractivity contribution in [2.24, 2.45) is 5.92 Å².